The van der Waals surface area contributed by atoms with Crippen molar-refractivity contribution < 1.29 is 9.59 Å². The molecule has 4 aromatic rings. The number of fused-ring (bicyclic) bond motifs is 2. The van der Waals surface area contributed by atoms with E-state index >= 15 is 0 Å². The van der Waals surface area contributed by atoms with Crippen molar-refractivity contribution in [3.8, 4) is 0 Å². The van der Waals surface area contributed by atoms with Gasteiger partial charge in [0.2, 0.25) is 0 Å². The summed E-state index contributed by atoms with van der Waals surface area (Å²) >= 11 is 0. The van der Waals surface area contributed by atoms with Crippen LogP contribution in [0.2, 0.25) is 0 Å². The molecule has 0 bridgehead atoms. The van der Waals surface area contributed by atoms with Gasteiger partial charge in [0, 0.05) is 23.9 Å². The van der Waals surface area contributed by atoms with Gasteiger partial charge in [0.15, 0.2) is 0 Å². The summed E-state index contributed by atoms with van der Waals surface area (Å²) in [7, 11) is 0. The van der Waals surface area contributed by atoms with E-state index in [0.29, 0.717) is 41.7 Å². The van der Waals surface area contributed by atoms with E-state index < -0.39 is 5.92 Å². The fourth-order valence-electron chi connectivity index (χ4n) is 5.02. The van der Waals surface area contributed by atoms with Crippen LogP contribution in [0.3, 0.4) is 0 Å². The maximum absolute atomic E-state index is 13.8. The van der Waals surface area contributed by atoms with Crippen LogP contribution in [-0.2, 0) is 6.54 Å². The molecule has 0 saturated carbocycles. The van der Waals surface area contributed by atoms with Crippen LogP contribution < -0.4 is 5.56 Å². The minimum Gasteiger partial charge on any atom is -0.301 e. The number of nitrogens with zero attached hydrogens (tertiary/aromatic N) is 6. The van der Waals surface area contributed by atoms with Gasteiger partial charge >= 0.3 is 0 Å². The van der Waals surface area contributed by atoms with Crippen LogP contribution in [0.25, 0.3) is 21.5 Å². The van der Waals surface area contributed by atoms with Gasteiger partial charge in [-0.25, -0.2) is 4.98 Å². The molecular formula is C29H26N6O3. The molecule has 1 aliphatic heterocycles. The molecule has 190 valence electrons. The molecule has 0 fully saturated rings. The first-order valence-electron chi connectivity index (χ1n) is 12.5. The van der Waals surface area contributed by atoms with E-state index in [1.807, 2.05) is 55.5 Å². The number of aryl methyl sites for hydroxylation is 1. The highest BCUT2D eigenvalue weighted by Crippen LogP contribution is 2.25. The number of rotatable bonds is 9. The zero-order chi connectivity index (χ0) is 26.6. The minimum absolute atomic E-state index is 0.0453. The lowest BCUT2D eigenvalue weighted by Crippen LogP contribution is -2.32. The van der Waals surface area contributed by atoms with Crippen LogP contribution >= 0.6 is 0 Å². The maximum Gasteiger partial charge on any atom is 0.273 e. The lowest BCUT2D eigenvalue weighted by molar-refractivity contribution is 0.0651. The van der Waals surface area contributed by atoms with Gasteiger partial charge in [0.1, 0.15) is 5.69 Å². The summed E-state index contributed by atoms with van der Waals surface area (Å²) in [6.45, 7) is 2.63. The molecule has 1 atom stereocenters. The SMILES string of the molecule is Cc1cccc(Cn2c(=O)c([C@H](CCCN3C(=O)c4ccccc4C3=O)CN=[N+]=[N-])nc3ccccc32)c1. The molecule has 38 heavy (non-hydrogen) atoms. The van der Waals surface area contributed by atoms with Crippen LogP contribution in [-0.4, -0.2) is 39.4 Å². The van der Waals surface area contributed by atoms with E-state index in [-0.39, 0.29) is 30.5 Å². The molecule has 9 nitrogen and oxygen atoms in total. The highest BCUT2D eigenvalue weighted by atomic mass is 16.2. The van der Waals surface area contributed by atoms with Crippen molar-refractivity contribution in [2.24, 2.45) is 5.11 Å². The Labute approximate surface area is 219 Å². The van der Waals surface area contributed by atoms with Crippen molar-refractivity contribution in [2.75, 3.05) is 13.1 Å². The molecule has 5 rings (SSSR count). The summed E-state index contributed by atoms with van der Waals surface area (Å²) in [5, 5.41) is 3.75. The van der Waals surface area contributed by atoms with E-state index in [2.05, 4.69) is 10.0 Å². The van der Waals surface area contributed by atoms with Gasteiger partial charge in [-0.3, -0.25) is 19.3 Å². The van der Waals surface area contributed by atoms with Crippen molar-refractivity contribution >= 4 is 22.8 Å². The van der Waals surface area contributed by atoms with Crippen molar-refractivity contribution in [1.29, 1.82) is 0 Å². The lowest BCUT2D eigenvalue weighted by Gasteiger charge is -2.19. The lowest BCUT2D eigenvalue weighted by atomic mass is 9.98. The predicted molar refractivity (Wildman–Crippen MR) is 144 cm³/mol. The van der Waals surface area contributed by atoms with E-state index in [1.165, 1.54) is 4.90 Å². The van der Waals surface area contributed by atoms with Crippen LogP contribution in [0.5, 0.6) is 0 Å². The number of amides is 2. The summed E-state index contributed by atoms with van der Waals surface area (Å²) in [6.07, 6.45) is 0.848. The maximum atomic E-state index is 13.8. The molecular weight excluding hydrogens is 480 g/mol. The highest BCUT2D eigenvalue weighted by Gasteiger charge is 2.34. The number of benzene rings is 3. The van der Waals surface area contributed by atoms with E-state index in [1.54, 1.807) is 28.8 Å². The number of carbonyl (C=O) groups is 2. The smallest absolute Gasteiger partial charge is 0.273 e. The number of para-hydroxylation sites is 2. The highest BCUT2D eigenvalue weighted by molar-refractivity contribution is 6.21. The molecule has 3 aromatic carbocycles. The molecule has 0 spiro atoms. The average Bonchev–Trinajstić information content (AvgIpc) is 3.17. The zero-order valence-electron chi connectivity index (χ0n) is 20.9. The molecule has 0 N–H and O–H groups in total. The Morgan fingerprint density at radius 1 is 0.947 bits per heavy atom. The van der Waals surface area contributed by atoms with Crippen molar-refractivity contribution in [2.45, 2.75) is 32.2 Å². The quantitative estimate of drug-likeness (QED) is 0.134. The number of imide groups is 1. The van der Waals surface area contributed by atoms with Crippen LogP contribution in [0.1, 0.15) is 56.3 Å². The molecule has 2 heterocycles. The summed E-state index contributed by atoms with van der Waals surface area (Å²) in [6, 6.07) is 22.2. The zero-order valence-corrected chi connectivity index (χ0v) is 20.9. The average molecular weight is 507 g/mol. The van der Waals surface area contributed by atoms with Crippen molar-refractivity contribution in [3.63, 3.8) is 0 Å². The second kappa shape index (κ2) is 10.7. The number of hydrogen-bond donors (Lipinski definition) is 0. The standard InChI is InChI=1S/C29H26N6O3/c1-19-8-6-9-20(16-19)18-35-25-14-5-4-13-24(25)32-26(29(35)38)21(17-31-33-30)10-7-15-34-27(36)22-11-2-3-12-23(22)28(34)37/h2-6,8-9,11-14,16,21H,7,10,15,17-18H2,1H3/t21-/m1/s1. The van der Waals surface area contributed by atoms with Gasteiger partial charge in [-0.15, -0.1) is 0 Å². The Kier molecular flexibility index (Phi) is 7.02. The Morgan fingerprint density at radius 3 is 2.37 bits per heavy atom. The van der Waals surface area contributed by atoms with Gasteiger partial charge in [0.05, 0.1) is 28.7 Å². The summed E-state index contributed by atoms with van der Waals surface area (Å²) in [5.74, 6) is -1.11. The number of azide groups is 1. The fraction of sp³-hybridized carbons (Fsp3) is 0.241. The molecule has 0 unspecified atom stereocenters. The van der Waals surface area contributed by atoms with E-state index in [0.717, 1.165) is 16.6 Å². The normalized spacial score (nSPS) is 13.4. The number of hydrogen-bond acceptors (Lipinski definition) is 5. The first kappa shape index (κ1) is 24.9. The Hall–Kier alpha value is -4.75. The first-order chi connectivity index (χ1) is 18.5. The van der Waals surface area contributed by atoms with E-state index in [4.69, 9.17) is 10.5 Å². The van der Waals surface area contributed by atoms with Crippen molar-refractivity contribution in [1.82, 2.24) is 14.5 Å². The second-order valence-corrected chi connectivity index (χ2v) is 9.43. The van der Waals surface area contributed by atoms with Gasteiger partial charge in [0.25, 0.3) is 17.4 Å². The topological polar surface area (TPSA) is 121 Å². The van der Waals surface area contributed by atoms with Crippen LogP contribution in [0.4, 0.5) is 0 Å². The minimum atomic E-state index is -0.470. The van der Waals surface area contributed by atoms with Gasteiger partial charge in [-0.1, -0.05) is 59.2 Å². The van der Waals surface area contributed by atoms with Gasteiger partial charge < -0.3 is 4.57 Å². The van der Waals surface area contributed by atoms with Gasteiger partial charge in [-0.2, -0.15) is 0 Å². The number of carbonyl (C=O) groups excluding carboxylic acids is 2. The third kappa shape index (κ3) is 4.79. The first-order valence-corrected chi connectivity index (χ1v) is 12.5. The molecule has 9 heteroatoms. The summed E-state index contributed by atoms with van der Waals surface area (Å²) < 4.78 is 1.71. The van der Waals surface area contributed by atoms with Crippen molar-refractivity contribution in [3.05, 3.63) is 122 Å². The molecule has 0 radical (unpaired) electrons. The summed E-state index contributed by atoms with van der Waals surface area (Å²) in [5.41, 5.74) is 13.3. The third-order valence-corrected chi connectivity index (χ3v) is 6.87. The molecule has 1 aromatic heterocycles. The third-order valence-electron chi connectivity index (χ3n) is 6.87. The second-order valence-electron chi connectivity index (χ2n) is 9.43. The fourth-order valence-corrected chi connectivity index (χ4v) is 5.02. The predicted octanol–water partition coefficient (Wildman–Crippen LogP) is 5.22. The van der Waals surface area contributed by atoms with Crippen LogP contribution in [0, 0.1) is 6.92 Å². The number of aromatic nitrogens is 2. The van der Waals surface area contributed by atoms with Crippen LogP contribution in [0.15, 0.2) is 82.7 Å². The molecule has 0 aliphatic carbocycles. The van der Waals surface area contributed by atoms with Gasteiger partial charge in [-0.05, 0) is 55.1 Å². The Bertz CT molecular complexity index is 1620. The molecule has 2 amide bonds. The molecule has 1 aliphatic rings. The Morgan fingerprint density at radius 2 is 1.66 bits per heavy atom. The Balaban J connectivity index is 1.44. The largest absolute Gasteiger partial charge is 0.301 e. The van der Waals surface area contributed by atoms with E-state index in [9.17, 15) is 14.4 Å². The monoisotopic (exact) mass is 506 g/mol. The molecule has 0 saturated heterocycles. The summed E-state index contributed by atoms with van der Waals surface area (Å²) in [4.78, 5) is 48.1.